The Hall–Kier alpha value is -1.78. The quantitative estimate of drug-likeness (QED) is 0.778. The van der Waals surface area contributed by atoms with Gasteiger partial charge in [0, 0.05) is 11.6 Å². The van der Waals surface area contributed by atoms with Crippen LogP contribution >= 0.6 is 23.2 Å². The third-order valence-electron chi connectivity index (χ3n) is 3.35. The van der Waals surface area contributed by atoms with Gasteiger partial charge in [0.05, 0.1) is 24.9 Å². The molecule has 0 spiro atoms. The Kier molecular flexibility index (Phi) is 5.27. The Bertz CT molecular complexity index is 690. The number of rotatable bonds is 5. The molecule has 118 valence electrons. The average Bonchev–Trinajstić information content (AvgIpc) is 2.54. The number of aromatic hydroxyl groups is 1. The summed E-state index contributed by atoms with van der Waals surface area (Å²) in [6.07, 6.45) is 0. The highest BCUT2D eigenvalue weighted by molar-refractivity contribution is 6.37. The van der Waals surface area contributed by atoms with Crippen molar-refractivity contribution in [3.63, 3.8) is 0 Å². The molecule has 0 amide bonds. The molecule has 22 heavy (non-hydrogen) atoms. The number of anilines is 1. The predicted octanol–water partition coefficient (Wildman–Crippen LogP) is 4.64. The summed E-state index contributed by atoms with van der Waals surface area (Å²) in [5.74, 6) is 1.30. The van der Waals surface area contributed by atoms with E-state index in [0.29, 0.717) is 34.3 Å². The van der Waals surface area contributed by atoms with Crippen molar-refractivity contribution in [1.82, 2.24) is 0 Å². The van der Waals surface area contributed by atoms with Crippen LogP contribution in [0.3, 0.4) is 0 Å². The molecular weight excluding hydrogens is 325 g/mol. The van der Waals surface area contributed by atoms with Gasteiger partial charge in [0.25, 0.3) is 0 Å². The second-order valence-electron chi connectivity index (χ2n) is 4.74. The zero-order valence-corrected chi connectivity index (χ0v) is 14.0. The van der Waals surface area contributed by atoms with Gasteiger partial charge < -0.3 is 19.9 Å². The van der Waals surface area contributed by atoms with Crippen molar-refractivity contribution < 1.29 is 14.6 Å². The third kappa shape index (κ3) is 3.34. The lowest BCUT2D eigenvalue weighted by Crippen LogP contribution is -2.01. The number of hydrogen-bond donors (Lipinski definition) is 2. The molecule has 2 N–H and O–H groups in total. The van der Waals surface area contributed by atoms with Gasteiger partial charge in [-0.1, -0.05) is 29.3 Å². The van der Waals surface area contributed by atoms with Crippen molar-refractivity contribution in [3.05, 3.63) is 45.4 Å². The molecule has 0 saturated heterocycles. The fraction of sp³-hybridized carbons (Fsp3) is 0.250. The number of methoxy groups -OCH3 is 2. The van der Waals surface area contributed by atoms with E-state index in [0.717, 1.165) is 5.56 Å². The molecule has 0 saturated carbocycles. The summed E-state index contributed by atoms with van der Waals surface area (Å²) in [6.45, 7) is 2.23. The highest BCUT2D eigenvalue weighted by Crippen LogP contribution is 2.39. The first-order chi connectivity index (χ1) is 10.5. The smallest absolute Gasteiger partial charge is 0.161 e. The van der Waals surface area contributed by atoms with Gasteiger partial charge in [0.15, 0.2) is 17.2 Å². The molecule has 4 nitrogen and oxygen atoms in total. The molecule has 0 unspecified atom stereocenters. The van der Waals surface area contributed by atoms with E-state index in [1.54, 1.807) is 27.2 Å². The van der Waals surface area contributed by atoms with Gasteiger partial charge in [-0.15, -0.1) is 0 Å². The van der Waals surface area contributed by atoms with Gasteiger partial charge in [-0.25, -0.2) is 0 Å². The Balaban J connectivity index is 2.20. The fourth-order valence-corrected chi connectivity index (χ4v) is 2.48. The molecule has 0 radical (unpaired) electrons. The molecule has 6 heteroatoms. The topological polar surface area (TPSA) is 50.7 Å². The molecule has 0 aliphatic heterocycles. The molecule has 0 fully saturated rings. The minimum Gasteiger partial charge on any atom is -0.504 e. The maximum absolute atomic E-state index is 10.1. The number of benzene rings is 2. The van der Waals surface area contributed by atoms with E-state index in [1.165, 1.54) is 0 Å². The second kappa shape index (κ2) is 6.99. The number of phenolic OH excluding ortho intramolecular Hbond substituents is 1. The summed E-state index contributed by atoms with van der Waals surface area (Å²) in [4.78, 5) is 0. The van der Waals surface area contributed by atoms with Crippen molar-refractivity contribution in [3.8, 4) is 17.2 Å². The van der Waals surface area contributed by atoms with E-state index in [-0.39, 0.29) is 10.8 Å². The Morgan fingerprint density at radius 2 is 1.77 bits per heavy atom. The van der Waals surface area contributed by atoms with E-state index >= 15 is 0 Å². The van der Waals surface area contributed by atoms with Crippen LogP contribution in [0.1, 0.15) is 11.1 Å². The van der Waals surface area contributed by atoms with E-state index in [1.807, 2.05) is 18.2 Å². The van der Waals surface area contributed by atoms with Gasteiger partial charge >= 0.3 is 0 Å². The highest BCUT2D eigenvalue weighted by Gasteiger charge is 2.12. The number of hydrogen-bond acceptors (Lipinski definition) is 4. The number of halogens is 2. The monoisotopic (exact) mass is 341 g/mol. The van der Waals surface area contributed by atoms with E-state index in [4.69, 9.17) is 32.7 Å². The van der Waals surface area contributed by atoms with Gasteiger partial charge in [0.2, 0.25) is 0 Å². The van der Waals surface area contributed by atoms with Gasteiger partial charge in [-0.2, -0.15) is 0 Å². The standard InChI is InChI=1S/C16H17Cl2NO3/c1-9-11(17)7-12(16(20)15(9)18)19-8-10-4-5-13(21-2)14(6-10)22-3/h4-7,19-20H,8H2,1-3H3. The van der Waals surface area contributed by atoms with Gasteiger partial charge in [0.1, 0.15) is 0 Å². The summed E-state index contributed by atoms with van der Waals surface area (Å²) in [7, 11) is 3.17. The Morgan fingerprint density at radius 3 is 2.41 bits per heavy atom. The first kappa shape index (κ1) is 16.6. The van der Waals surface area contributed by atoms with Crippen LogP contribution in [-0.4, -0.2) is 19.3 Å². The Morgan fingerprint density at radius 1 is 1.09 bits per heavy atom. The molecule has 2 rings (SSSR count). The zero-order chi connectivity index (χ0) is 16.3. The maximum atomic E-state index is 10.1. The van der Waals surface area contributed by atoms with Crippen LogP contribution in [0.2, 0.25) is 10.0 Å². The largest absolute Gasteiger partial charge is 0.504 e. The summed E-state index contributed by atoms with van der Waals surface area (Å²) in [5, 5.41) is 13.9. The molecule has 0 aliphatic carbocycles. The van der Waals surface area contributed by atoms with Crippen molar-refractivity contribution in [1.29, 1.82) is 0 Å². The summed E-state index contributed by atoms with van der Waals surface area (Å²) < 4.78 is 10.5. The number of nitrogens with one attached hydrogen (secondary N) is 1. The highest BCUT2D eigenvalue weighted by atomic mass is 35.5. The average molecular weight is 342 g/mol. The molecular formula is C16H17Cl2NO3. The van der Waals surface area contributed by atoms with Gasteiger partial charge in [-0.05, 0) is 36.2 Å². The van der Waals surface area contributed by atoms with Crippen LogP contribution in [0.15, 0.2) is 24.3 Å². The lowest BCUT2D eigenvalue weighted by atomic mass is 10.1. The first-order valence-electron chi connectivity index (χ1n) is 6.60. The molecule has 0 atom stereocenters. The summed E-state index contributed by atoms with van der Waals surface area (Å²) >= 11 is 12.1. The SMILES string of the molecule is COc1ccc(CNc2cc(Cl)c(C)c(Cl)c2O)cc1OC. The lowest BCUT2D eigenvalue weighted by Gasteiger charge is -2.14. The molecule has 2 aromatic rings. The molecule has 0 aromatic heterocycles. The minimum atomic E-state index is -0.0101. The summed E-state index contributed by atoms with van der Waals surface area (Å²) in [5.41, 5.74) is 2.10. The van der Waals surface area contributed by atoms with Crippen molar-refractivity contribution in [2.75, 3.05) is 19.5 Å². The number of phenols is 1. The second-order valence-corrected chi connectivity index (χ2v) is 5.52. The van der Waals surface area contributed by atoms with E-state index < -0.39 is 0 Å². The zero-order valence-electron chi connectivity index (χ0n) is 12.5. The molecule has 2 aromatic carbocycles. The maximum Gasteiger partial charge on any atom is 0.161 e. The predicted molar refractivity (Wildman–Crippen MR) is 89.7 cm³/mol. The van der Waals surface area contributed by atoms with Gasteiger partial charge in [-0.3, -0.25) is 0 Å². The first-order valence-corrected chi connectivity index (χ1v) is 7.35. The van der Waals surface area contributed by atoms with Crippen molar-refractivity contribution in [2.45, 2.75) is 13.5 Å². The lowest BCUT2D eigenvalue weighted by molar-refractivity contribution is 0.354. The van der Waals surface area contributed by atoms with Crippen molar-refractivity contribution >= 4 is 28.9 Å². The van der Waals surface area contributed by atoms with Crippen LogP contribution in [0.5, 0.6) is 17.2 Å². The van der Waals surface area contributed by atoms with Crippen LogP contribution in [0.25, 0.3) is 0 Å². The molecule has 0 bridgehead atoms. The third-order valence-corrected chi connectivity index (χ3v) is 4.21. The van der Waals surface area contributed by atoms with Crippen LogP contribution in [-0.2, 0) is 6.54 Å². The summed E-state index contributed by atoms with van der Waals surface area (Å²) in [6, 6.07) is 7.24. The van der Waals surface area contributed by atoms with E-state index in [2.05, 4.69) is 5.32 Å². The van der Waals surface area contributed by atoms with E-state index in [9.17, 15) is 5.11 Å². The Labute approximate surface area is 139 Å². The minimum absolute atomic E-state index is 0.0101. The number of ether oxygens (including phenoxy) is 2. The normalized spacial score (nSPS) is 10.4. The fourth-order valence-electron chi connectivity index (χ4n) is 2.03. The van der Waals surface area contributed by atoms with Crippen LogP contribution in [0.4, 0.5) is 5.69 Å². The molecule has 0 aliphatic rings. The van der Waals surface area contributed by atoms with Crippen LogP contribution < -0.4 is 14.8 Å². The van der Waals surface area contributed by atoms with Crippen LogP contribution in [0, 0.1) is 6.92 Å². The van der Waals surface area contributed by atoms with Crippen molar-refractivity contribution in [2.24, 2.45) is 0 Å². The molecule has 0 heterocycles.